The number of hydrogen-bond donors (Lipinski definition) is 1. The van der Waals surface area contributed by atoms with Gasteiger partial charge in [-0.15, -0.1) is 0 Å². The average molecular weight is 383 g/mol. The van der Waals surface area contributed by atoms with Gasteiger partial charge < -0.3 is 19.9 Å². The predicted molar refractivity (Wildman–Crippen MR) is 112 cm³/mol. The summed E-state index contributed by atoms with van der Waals surface area (Å²) in [5.74, 6) is 0.221. The minimum absolute atomic E-state index is 0.0477. The maximum absolute atomic E-state index is 12.8. The zero-order valence-electron chi connectivity index (χ0n) is 17.1. The van der Waals surface area contributed by atoms with Crippen LogP contribution in [0.15, 0.2) is 48.5 Å². The highest BCUT2D eigenvalue weighted by atomic mass is 16.5. The summed E-state index contributed by atoms with van der Waals surface area (Å²) in [4.78, 5) is 29.1. The summed E-state index contributed by atoms with van der Waals surface area (Å²) in [5.41, 5.74) is 1.59. The Morgan fingerprint density at radius 3 is 2.39 bits per heavy atom. The van der Waals surface area contributed by atoms with Gasteiger partial charge in [-0.05, 0) is 58.3 Å². The molecule has 2 aromatic carbocycles. The summed E-state index contributed by atoms with van der Waals surface area (Å²) in [6.07, 6.45) is 0. The molecule has 0 fully saturated rings. The molecule has 0 aromatic heterocycles. The fraction of sp³-hybridized carbons (Fsp3) is 0.364. The standard InChI is InChI=1S/C22H29N3O3/c1-5-25(6-2)22(27)17-10-9-11-18(16-17)23-21(26)19-12-7-8-13-20(19)28-15-14-24(3)4/h7-13,16H,5-6,14-15H2,1-4H3,(H,23,26). The molecule has 28 heavy (non-hydrogen) atoms. The van der Waals surface area contributed by atoms with E-state index in [2.05, 4.69) is 5.32 Å². The summed E-state index contributed by atoms with van der Waals surface area (Å²) >= 11 is 0. The lowest BCUT2D eigenvalue weighted by Gasteiger charge is -2.19. The molecule has 0 aliphatic rings. The Labute approximate surface area is 167 Å². The van der Waals surface area contributed by atoms with Crippen molar-refractivity contribution in [2.45, 2.75) is 13.8 Å². The van der Waals surface area contributed by atoms with Gasteiger partial charge in [0.1, 0.15) is 12.4 Å². The van der Waals surface area contributed by atoms with Crippen molar-refractivity contribution in [1.82, 2.24) is 9.80 Å². The molecule has 0 unspecified atom stereocenters. The molecular formula is C22H29N3O3. The van der Waals surface area contributed by atoms with Gasteiger partial charge in [0.25, 0.3) is 11.8 Å². The molecular weight excluding hydrogens is 354 g/mol. The second-order valence-corrected chi connectivity index (χ2v) is 6.66. The Hall–Kier alpha value is -2.86. The maximum atomic E-state index is 12.8. The minimum Gasteiger partial charge on any atom is -0.491 e. The number of amides is 2. The van der Waals surface area contributed by atoms with Crippen LogP contribution < -0.4 is 10.1 Å². The first-order chi connectivity index (χ1) is 13.5. The Balaban J connectivity index is 2.13. The van der Waals surface area contributed by atoms with Crippen molar-refractivity contribution in [3.05, 3.63) is 59.7 Å². The van der Waals surface area contributed by atoms with Crippen LogP contribution >= 0.6 is 0 Å². The molecule has 0 aliphatic heterocycles. The van der Waals surface area contributed by atoms with Crippen LogP contribution in [0.5, 0.6) is 5.75 Å². The van der Waals surface area contributed by atoms with Gasteiger partial charge in [0.15, 0.2) is 0 Å². The molecule has 0 heterocycles. The first kappa shape index (κ1) is 21.4. The summed E-state index contributed by atoms with van der Waals surface area (Å²) in [6, 6.07) is 14.1. The lowest BCUT2D eigenvalue weighted by atomic mass is 10.1. The van der Waals surface area contributed by atoms with Crippen LogP contribution in [0, 0.1) is 0 Å². The van der Waals surface area contributed by atoms with E-state index < -0.39 is 0 Å². The number of para-hydroxylation sites is 1. The smallest absolute Gasteiger partial charge is 0.259 e. The molecule has 0 saturated heterocycles. The third-order valence-corrected chi connectivity index (χ3v) is 4.35. The van der Waals surface area contributed by atoms with Crippen molar-refractivity contribution < 1.29 is 14.3 Å². The number of ether oxygens (including phenoxy) is 1. The van der Waals surface area contributed by atoms with E-state index in [1.54, 1.807) is 47.4 Å². The molecule has 6 heteroatoms. The van der Waals surface area contributed by atoms with E-state index in [4.69, 9.17) is 4.74 Å². The van der Waals surface area contributed by atoms with Crippen molar-refractivity contribution in [2.24, 2.45) is 0 Å². The number of carbonyl (C=O) groups is 2. The SMILES string of the molecule is CCN(CC)C(=O)c1cccc(NC(=O)c2ccccc2OCCN(C)C)c1. The molecule has 1 N–H and O–H groups in total. The Morgan fingerprint density at radius 1 is 1.00 bits per heavy atom. The van der Waals surface area contributed by atoms with Crippen molar-refractivity contribution in [1.29, 1.82) is 0 Å². The van der Waals surface area contributed by atoms with Gasteiger partial charge in [-0.2, -0.15) is 0 Å². The van der Waals surface area contributed by atoms with E-state index in [9.17, 15) is 9.59 Å². The van der Waals surface area contributed by atoms with Crippen LogP contribution in [-0.4, -0.2) is 62.0 Å². The summed E-state index contributed by atoms with van der Waals surface area (Å²) < 4.78 is 5.77. The first-order valence-corrected chi connectivity index (χ1v) is 9.53. The number of anilines is 1. The first-order valence-electron chi connectivity index (χ1n) is 9.53. The molecule has 2 aromatic rings. The van der Waals surface area contributed by atoms with Crippen LogP contribution in [0.25, 0.3) is 0 Å². The van der Waals surface area contributed by atoms with Crippen molar-refractivity contribution in [2.75, 3.05) is 45.7 Å². The number of nitrogens with one attached hydrogen (secondary N) is 1. The highest BCUT2D eigenvalue weighted by molar-refractivity contribution is 6.06. The van der Waals surface area contributed by atoms with Crippen LogP contribution in [0.1, 0.15) is 34.6 Å². The molecule has 2 rings (SSSR count). The van der Waals surface area contributed by atoms with Crippen molar-refractivity contribution >= 4 is 17.5 Å². The predicted octanol–water partition coefficient (Wildman–Crippen LogP) is 3.36. The molecule has 2 amide bonds. The minimum atomic E-state index is -0.270. The molecule has 0 radical (unpaired) electrons. The van der Waals surface area contributed by atoms with Gasteiger partial charge >= 0.3 is 0 Å². The van der Waals surface area contributed by atoms with Gasteiger partial charge in [0.2, 0.25) is 0 Å². The molecule has 150 valence electrons. The molecule has 6 nitrogen and oxygen atoms in total. The van der Waals surface area contributed by atoms with Crippen LogP contribution in [0.3, 0.4) is 0 Å². The largest absolute Gasteiger partial charge is 0.491 e. The van der Waals surface area contributed by atoms with E-state index in [1.807, 2.05) is 38.9 Å². The zero-order valence-corrected chi connectivity index (χ0v) is 17.1. The lowest BCUT2D eigenvalue weighted by molar-refractivity contribution is 0.0772. The monoisotopic (exact) mass is 383 g/mol. The Bertz CT molecular complexity index is 801. The summed E-state index contributed by atoms with van der Waals surface area (Å²) in [7, 11) is 3.93. The summed E-state index contributed by atoms with van der Waals surface area (Å²) in [6.45, 7) is 6.42. The Morgan fingerprint density at radius 2 is 1.71 bits per heavy atom. The molecule has 0 aliphatic carbocycles. The molecule has 0 atom stereocenters. The number of benzene rings is 2. The number of likely N-dealkylation sites (N-methyl/N-ethyl adjacent to an activating group) is 1. The van der Waals surface area contributed by atoms with Gasteiger partial charge in [0.05, 0.1) is 5.56 Å². The van der Waals surface area contributed by atoms with Gasteiger partial charge in [-0.3, -0.25) is 9.59 Å². The molecule has 0 bridgehead atoms. The average Bonchev–Trinajstić information content (AvgIpc) is 2.69. The Kier molecular flexibility index (Phi) is 8.02. The summed E-state index contributed by atoms with van der Waals surface area (Å²) in [5, 5.41) is 2.87. The second-order valence-electron chi connectivity index (χ2n) is 6.66. The fourth-order valence-corrected chi connectivity index (χ4v) is 2.74. The highest BCUT2D eigenvalue weighted by Crippen LogP contribution is 2.20. The third-order valence-electron chi connectivity index (χ3n) is 4.35. The topological polar surface area (TPSA) is 61.9 Å². The van der Waals surface area contributed by atoms with Gasteiger partial charge in [0, 0.05) is 30.9 Å². The fourth-order valence-electron chi connectivity index (χ4n) is 2.74. The van der Waals surface area contributed by atoms with Crippen molar-refractivity contribution in [3.8, 4) is 5.75 Å². The van der Waals surface area contributed by atoms with E-state index in [-0.39, 0.29) is 11.8 Å². The quantitative estimate of drug-likeness (QED) is 0.721. The van der Waals surface area contributed by atoms with E-state index in [0.29, 0.717) is 42.3 Å². The number of nitrogens with zero attached hydrogens (tertiary/aromatic N) is 2. The maximum Gasteiger partial charge on any atom is 0.259 e. The third kappa shape index (κ3) is 5.82. The van der Waals surface area contributed by atoms with E-state index >= 15 is 0 Å². The molecule has 0 spiro atoms. The van der Waals surface area contributed by atoms with Crippen LogP contribution in [-0.2, 0) is 0 Å². The van der Waals surface area contributed by atoms with E-state index in [1.165, 1.54) is 0 Å². The van der Waals surface area contributed by atoms with Gasteiger partial charge in [-0.1, -0.05) is 18.2 Å². The number of hydrogen-bond acceptors (Lipinski definition) is 4. The van der Waals surface area contributed by atoms with Crippen molar-refractivity contribution in [3.63, 3.8) is 0 Å². The van der Waals surface area contributed by atoms with Gasteiger partial charge in [-0.25, -0.2) is 0 Å². The second kappa shape index (κ2) is 10.5. The normalized spacial score (nSPS) is 10.6. The lowest BCUT2D eigenvalue weighted by Crippen LogP contribution is -2.30. The number of carbonyl (C=O) groups excluding carboxylic acids is 2. The zero-order chi connectivity index (χ0) is 20.5. The number of rotatable bonds is 9. The highest BCUT2D eigenvalue weighted by Gasteiger charge is 2.15. The van der Waals surface area contributed by atoms with Crippen LogP contribution in [0.4, 0.5) is 5.69 Å². The van der Waals surface area contributed by atoms with E-state index in [0.717, 1.165) is 6.54 Å². The molecule has 0 saturated carbocycles. The van der Waals surface area contributed by atoms with Crippen LogP contribution in [0.2, 0.25) is 0 Å².